The van der Waals surface area contributed by atoms with Crippen LogP contribution in [-0.2, 0) is 4.79 Å². The first-order valence-corrected chi connectivity index (χ1v) is 4.81. The van der Waals surface area contributed by atoms with Gasteiger partial charge in [-0.25, -0.2) is 0 Å². The van der Waals surface area contributed by atoms with Gasteiger partial charge >= 0.3 is 0 Å². The molecule has 1 atom stereocenters. The molecule has 13 heavy (non-hydrogen) atoms. The average Bonchev–Trinajstić information content (AvgIpc) is 2.46. The van der Waals surface area contributed by atoms with Gasteiger partial charge in [0, 0.05) is 19.0 Å². The van der Waals surface area contributed by atoms with Gasteiger partial charge in [-0.1, -0.05) is 12.2 Å². The monoisotopic (exact) mass is 179 g/mol. The van der Waals surface area contributed by atoms with Crippen molar-refractivity contribution in [3.8, 4) is 0 Å². The Morgan fingerprint density at radius 2 is 2.23 bits per heavy atom. The molecule has 1 amide bonds. The second-order valence-corrected chi connectivity index (χ2v) is 3.39. The maximum atomic E-state index is 11.4. The van der Waals surface area contributed by atoms with E-state index in [1.165, 1.54) is 0 Å². The van der Waals surface area contributed by atoms with Crippen LogP contribution in [0.15, 0.2) is 25.3 Å². The molecule has 1 heterocycles. The average molecular weight is 179 g/mol. The number of hydrogen-bond donors (Lipinski definition) is 0. The highest BCUT2D eigenvalue weighted by atomic mass is 16.2. The van der Waals surface area contributed by atoms with E-state index < -0.39 is 0 Å². The van der Waals surface area contributed by atoms with Crippen LogP contribution in [-0.4, -0.2) is 23.4 Å². The summed E-state index contributed by atoms with van der Waals surface area (Å²) in [5.74, 6) is 0.272. The van der Waals surface area contributed by atoms with E-state index in [4.69, 9.17) is 0 Å². The molecule has 1 saturated heterocycles. The molecular formula is C11H17NO. The van der Waals surface area contributed by atoms with E-state index in [9.17, 15) is 4.79 Å². The summed E-state index contributed by atoms with van der Waals surface area (Å²) in [6, 6.07) is 0.420. The van der Waals surface area contributed by atoms with Gasteiger partial charge in [-0.2, -0.15) is 0 Å². The third-order valence-electron chi connectivity index (χ3n) is 2.48. The van der Waals surface area contributed by atoms with Gasteiger partial charge in [0.15, 0.2) is 0 Å². The molecule has 0 aromatic carbocycles. The van der Waals surface area contributed by atoms with Crippen molar-refractivity contribution in [3.63, 3.8) is 0 Å². The predicted molar refractivity (Wildman–Crippen MR) is 54.4 cm³/mol. The van der Waals surface area contributed by atoms with Crippen LogP contribution in [0.2, 0.25) is 0 Å². The van der Waals surface area contributed by atoms with Crippen LogP contribution in [0.3, 0.4) is 0 Å². The molecule has 2 nitrogen and oxygen atoms in total. The fourth-order valence-corrected chi connectivity index (χ4v) is 1.79. The van der Waals surface area contributed by atoms with Crippen LogP contribution in [0, 0.1) is 0 Å². The smallest absolute Gasteiger partial charge is 0.223 e. The molecule has 1 aliphatic heterocycles. The summed E-state index contributed by atoms with van der Waals surface area (Å²) in [5, 5.41) is 0. The SMILES string of the molecule is C=CCCC1CCC(=O)N1CC=C. The van der Waals surface area contributed by atoms with Crippen molar-refractivity contribution in [1.29, 1.82) is 0 Å². The molecule has 1 aliphatic rings. The maximum absolute atomic E-state index is 11.4. The van der Waals surface area contributed by atoms with Gasteiger partial charge in [0.1, 0.15) is 0 Å². The molecule has 0 spiro atoms. The number of hydrogen-bond acceptors (Lipinski definition) is 1. The Balaban J connectivity index is 2.47. The first kappa shape index (κ1) is 10.0. The lowest BCUT2D eigenvalue weighted by atomic mass is 10.1. The molecule has 0 aromatic rings. The zero-order chi connectivity index (χ0) is 9.68. The Morgan fingerprint density at radius 3 is 2.85 bits per heavy atom. The Labute approximate surface area is 79.9 Å². The maximum Gasteiger partial charge on any atom is 0.223 e. The van der Waals surface area contributed by atoms with Crippen LogP contribution < -0.4 is 0 Å². The summed E-state index contributed by atoms with van der Waals surface area (Å²) in [7, 11) is 0. The van der Waals surface area contributed by atoms with E-state index in [1.807, 2.05) is 11.0 Å². The third kappa shape index (κ3) is 2.44. The van der Waals surface area contributed by atoms with Gasteiger partial charge in [-0.15, -0.1) is 13.2 Å². The van der Waals surface area contributed by atoms with Gasteiger partial charge in [0.2, 0.25) is 5.91 Å². The lowest BCUT2D eigenvalue weighted by Gasteiger charge is -2.22. The largest absolute Gasteiger partial charge is 0.336 e. The van der Waals surface area contributed by atoms with Crippen molar-refractivity contribution in [2.24, 2.45) is 0 Å². The zero-order valence-electron chi connectivity index (χ0n) is 8.04. The third-order valence-corrected chi connectivity index (χ3v) is 2.48. The van der Waals surface area contributed by atoms with Crippen LogP contribution in [0.1, 0.15) is 25.7 Å². The van der Waals surface area contributed by atoms with Crippen LogP contribution in [0.5, 0.6) is 0 Å². The van der Waals surface area contributed by atoms with Gasteiger partial charge in [-0.3, -0.25) is 4.79 Å². The number of rotatable bonds is 5. The lowest BCUT2D eigenvalue weighted by Crippen LogP contribution is -2.32. The quantitative estimate of drug-likeness (QED) is 0.592. The number of carbonyl (C=O) groups excluding carboxylic acids is 1. The highest BCUT2D eigenvalue weighted by Gasteiger charge is 2.28. The van der Waals surface area contributed by atoms with Gasteiger partial charge in [-0.05, 0) is 19.3 Å². The normalized spacial score (nSPS) is 22.0. The van der Waals surface area contributed by atoms with Gasteiger partial charge < -0.3 is 4.90 Å². The standard InChI is InChI=1S/C11H17NO/c1-3-5-6-10-7-8-11(13)12(10)9-4-2/h3-4,10H,1-2,5-9H2. The van der Waals surface area contributed by atoms with E-state index >= 15 is 0 Å². The van der Waals surface area contributed by atoms with E-state index in [2.05, 4.69) is 13.2 Å². The van der Waals surface area contributed by atoms with Crippen LogP contribution in [0.4, 0.5) is 0 Å². The predicted octanol–water partition coefficient (Wildman–Crippen LogP) is 2.13. The van der Waals surface area contributed by atoms with Crippen molar-refractivity contribution in [1.82, 2.24) is 4.90 Å². The lowest BCUT2D eigenvalue weighted by molar-refractivity contribution is -0.128. The molecule has 1 fully saturated rings. The fourth-order valence-electron chi connectivity index (χ4n) is 1.79. The molecule has 1 unspecified atom stereocenters. The first-order chi connectivity index (χ1) is 6.29. The summed E-state index contributed by atoms with van der Waals surface area (Å²) >= 11 is 0. The van der Waals surface area contributed by atoms with Gasteiger partial charge in [0.25, 0.3) is 0 Å². The molecule has 0 N–H and O–H groups in total. The molecular weight excluding hydrogens is 162 g/mol. The summed E-state index contributed by atoms with van der Waals surface area (Å²) in [4.78, 5) is 13.3. The van der Waals surface area contributed by atoms with E-state index in [-0.39, 0.29) is 5.91 Å². The Kier molecular flexibility index (Phi) is 3.74. The zero-order valence-corrected chi connectivity index (χ0v) is 8.04. The number of amides is 1. The molecule has 0 radical (unpaired) electrons. The van der Waals surface area contributed by atoms with E-state index in [1.54, 1.807) is 6.08 Å². The van der Waals surface area contributed by atoms with Crippen molar-refractivity contribution in [2.45, 2.75) is 31.7 Å². The molecule has 0 aromatic heterocycles. The van der Waals surface area contributed by atoms with E-state index in [0.717, 1.165) is 19.3 Å². The molecule has 1 rings (SSSR count). The van der Waals surface area contributed by atoms with Crippen molar-refractivity contribution < 1.29 is 4.79 Å². The number of carbonyl (C=O) groups is 1. The minimum Gasteiger partial charge on any atom is -0.336 e. The first-order valence-electron chi connectivity index (χ1n) is 4.81. The minimum absolute atomic E-state index is 0.272. The van der Waals surface area contributed by atoms with Crippen LogP contribution >= 0.6 is 0 Å². The van der Waals surface area contributed by atoms with Crippen molar-refractivity contribution >= 4 is 5.91 Å². The number of allylic oxidation sites excluding steroid dienone is 1. The Bertz CT molecular complexity index is 210. The number of likely N-dealkylation sites (tertiary alicyclic amines) is 1. The number of nitrogens with zero attached hydrogens (tertiary/aromatic N) is 1. The topological polar surface area (TPSA) is 20.3 Å². The summed E-state index contributed by atoms with van der Waals surface area (Å²) < 4.78 is 0. The Hall–Kier alpha value is -1.05. The second-order valence-electron chi connectivity index (χ2n) is 3.39. The highest BCUT2D eigenvalue weighted by Crippen LogP contribution is 2.22. The summed E-state index contributed by atoms with van der Waals surface area (Å²) in [6.45, 7) is 8.04. The minimum atomic E-state index is 0.272. The Morgan fingerprint density at radius 1 is 1.46 bits per heavy atom. The molecule has 2 heteroatoms. The highest BCUT2D eigenvalue weighted by molar-refractivity contribution is 5.78. The molecule has 0 saturated carbocycles. The molecule has 0 bridgehead atoms. The fraction of sp³-hybridized carbons (Fsp3) is 0.545. The molecule has 72 valence electrons. The van der Waals surface area contributed by atoms with Crippen molar-refractivity contribution in [3.05, 3.63) is 25.3 Å². The summed E-state index contributed by atoms with van der Waals surface area (Å²) in [5.41, 5.74) is 0. The molecule has 0 aliphatic carbocycles. The van der Waals surface area contributed by atoms with E-state index in [0.29, 0.717) is 19.0 Å². The summed E-state index contributed by atoms with van der Waals surface area (Å²) in [6.07, 6.45) is 7.45. The van der Waals surface area contributed by atoms with Crippen molar-refractivity contribution in [2.75, 3.05) is 6.54 Å². The second kappa shape index (κ2) is 4.85. The van der Waals surface area contributed by atoms with Crippen LogP contribution in [0.25, 0.3) is 0 Å². The van der Waals surface area contributed by atoms with Gasteiger partial charge in [0.05, 0.1) is 0 Å².